The monoisotopic (exact) mass is 263 g/mol. The minimum Gasteiger partial charge on any atom is -0.388 e. The lowest BCUT2D eigenvalue weighted by Gasteiger charge is -2.18. The van der Waals surface area contributed by atoms with Gasteiger partial charge in [0.15, 0.2) is 0 Å². The van der Waals surface area contributed by atoms with Gasteiger partial charge < -0.3 is 19.5 Å². The second-order valence-electron chi connectivity index (χ2n) is 4.98. The molecule has 2 aromatic heterocycles. The Morgan fingerprint density at radius 1 is 1.32 bits per heavy atom. The van der Waals surface area contributed by atoms with Crippen LogP contribution in [0.2, 0.25) is 0 Å². The number of fused-ring (bicyclic) bond motifs is 1. The molecule has 0 unspecified atom stereocenters. The van der Waals surface area contributed by atoms with E-state index in [9.17, 15) is 10.2 Å². The molecule has 2 heterocycles. The number of aliphatic hydroxyl groups excluding tert-OH is 2. The SMILES string of the molecule is CO[C@@H]1C[C@H](n2ccc3c(C)ncnc32)[C@@H](O)[C@H]1O. The second kappa shape index (κ2) is 4.56. The van der Waals surface area contributed by atoms with Crippen molar-refractivity contribution in [3.8, 4) is 0 Å². The summed E-state index contributed by atoms with van der Waals surface area (Å²) in [5.74, 6) is 0. The normalized spacial score (nSPS) is 31.2. The number of ether oxygens (including phenoxy) is 1. The molecule has 102 valence electrons. The number of aliphatic hydroxyl groups is 2. The van der Waals surface area contributed by atoms with E-state index in [4.69, 9.17) is 4.74 Å². The van der Waals surface area contributed by atoms with Crippen LogP contribution < -0.4 is 0 Å². The molecule has 2 N–H and O–H groups in total. The molecule has 1 aliphatic carbocycles. The predicted molar refractivity (Wildman–Crippen MR) is 68.7 cm³/mol. The zero-order valence-corrected chi connectivity index (χ0v) is 10.9. The summed E-state index contributed by atoms with van der Waals surface area (Å²) in [6.07, 6.45) is 1.89. The minimum atomic E-state index is -0.865. The van der Waals surface area contributed by atoms with Gasteiger partial charge in [0, 0.05) is 18.7 Å². The summed E-state index contributed by atoms with van der Waals surface area (Å²) in [5, 5.41) is 21.1. The van der Waals surface area contributed by atoms with Crippen molar-refractivity contribution in [3.63, 3.8) is 0 Å². The molecule has 0 aromatic carbocycles. The van der Waals surface area contributed by atoms with Gasteiger partial charge in [-0.1, -0.05) is 0 Å². The molecule has 1 saturated carbocycles. The predicted octanol–water partition coefficient (Wildman–Crippen LogP) is 0.421. The van der Waals surface area contributed by atoms with E-state index in [1.807, 2.05) is 23.8 Å². The first-order chi connectivity index (χ1) is 9.13. The van der Waals surface area contributed by atoms with Crippen molar-refractivity contribution in [1.82, 2.24) is 14.5 Å². The maximum Gasteiger partial charge on any atom is 0.143 e. The first-order valence-electron chi connectivity index (χ1n) is 6.30. The van der Waals surface area contributed by atoms with Gasteiger partial charge in [0.05, 0.1) is 17.8 Å². The van der Waals surface area contributed by atoms with Crippen LogP contribution in [-0.4, -0.2) is 50.2 Å². The molecule has 19 heavy (non-hydrogen) atoms. The van der Waals surface area contributed by atoms with Gasteiger partial charge in [-0.15, -0.1) is 0 Å². The summed E-state index contributed by atoms with van der Waals surface area (Å²) in [6, 6.07) is 1.70. The lowest BCUT2D eigenvalue weighted by atomic mass is 10.2. The Balaban J connectivity index is 2.04. The average molecular weight is 263 g/mol. The first kappa shape index (κ1) is 12.5. The number of hydrogen-bond acceptors (Lipinski definition) is 5. The Bertz CT molecular complexity index is 598. The van der Waals surface area contributed by atoms with Gasteiger partial charge in [-0.25, -0.2) is 9.97 Å². The Morgan fingerprint density at radius 2 is 2.11 bits per heavy atom. The van der Waals surface area contributed by atoms with Crippen molar-refractivity contribution in [2.75, 3.05) is 7.11 Å². The van der Waals surface area contributed by atoms with Crippen LogP contribution in [-0.2, 0) is 4.74 Å². The summed E-state index contributed by atoms with van der Waals surface area (Å²) in [5.41, 5.74) is 1.68. The largest absolute Gasteiger partial charge is 0.388 e. The molecular weight excluding hydrogens is 246 g/mol. The van der Waals surface area contributed by atoms with Crippen LogP contribution in [0.25, 0.3) is 11.0 Å². The van der Waals surface area contributed by atoms with Gasteiger partial charge >= 0.3 is 0 Å². The van der Waals surface area contributed by atoms with Crippen LogP contribution in [0.5, 0.6) is 0 Å². The molecular formula is C13H17N3O3. The molecule has 0 bridgehead atoms. The van der Waals surface area contributed by atoms with E-state index in [2.05, 4.69) is 9.97 Å². The van der Waals surface area contributed by atoms with Crippen molar-refractivity contribution in [2.24, 2.45) is 0 Å². The van der Waals surface area contributed by atoms with Crippen LogP contribution in [0.3, 0.4) is 0 Å². The zero-order valence-electron chi connectivity index (χ0n) is 10.9. The highest BCUT2D eigenvalue weighted by molar-refractivity contribution is 5.78. The molecule has 3 rings (SSSR count). The van der Waals surface area contributed by atoms with Gasteiger partial charge in [0.1, 0.15) is 24.2 Å². The van der Waals surface area contributed by atoms with Crippen molar-refractivity contribution in [1.29, 1.82) is 0 Å². The van der Waals surface area contributed by atoms with Gasteiger partial charge in [-0.3, -0.25) is 0 Å². The summed E-state index contributed by atoms with van der Waals surface area (Å²) >= 11 is 0. The lowest BCUT2D eigenvalue weighted by Crippen LogP contribution is -2.32. The molecule has 0 amide bonds. The number of rotatable bonds is 2. The van der Waals surface area contributed by atoms with Crippen LogP contribution >= 0.6 is 0 Å². The van der Waals surface area contributed by atoms with Gasteiger partial charge in [-0.2, -0.15) is 0 Å². The number of methoxy groups -OCH3 is 1. The minimum absolute atomic E-state index is 0.230. The number of aromatic nitrogens is 3. The average Bonchev–Trinajstić information content (AvgIpc) is 2.94. The molecule has 4 atom stereocenters. The highest BCUT2D eigenvalue weighted by atomic mass is 16.5. The van der Waals surface area contributed by atoms with Crippen LogP contribution in [0.15, 0.2) is 18.6 Å². The summed E-state index contributed by atoms with van der Waals surface area (Å²) < 4.78 is 7.10. The molecule has 0 aliphatic heterocycles. The number of hydrogen-bond donors (Lipinski definition) is 2. The van der Waals surface area contributed by atoms with E-state index in [-0.39, 0.29) is 12.1 Å². The molecule has 0 saturated heterocycles. The molecule has 6 heteroatoms. The fourth-order valence-electron chi connectivity index (χ4n) is 2.84. The smallest absolute Gasteiger partial charge is 0.143 e. The highest BCUT2D eigenvalue weighted by Crippen LogP contribution is 2.34. The van der Waals surface area contributed by atoms with Crippen molar-refractivity contribution >= 4 is 11.0 Å². The lowest BCUT2D eigenvalue weighted by molar-refractivity contribution is -0.0404. The Labute approximate surface area is 110 Å². The molecule has 2 aromatic rings. The standard InChI is InChI=1S/C13H17N3O3/c1-7-8-3-4-16(13(8)15-6-14-7)9-5-10(19-2)12(18)11(9)17/h3-4,6,9-12,17-18H,5H2,1-2H3/t9-,10+,11+,12-/m0/s1. The molecule has 0 spiro atoms. The van der Waals surface area contributed by atoms with Gasteiger partial charge in [0.2, 0.25) is 0 Å². The summed E-state index contributed by atoms with van der Waals surface area (Å²) in [7, 11) is 1.54. The van der Waals surface area contributed by atoms with E-state index >= 15 is 0 Å². The molecule has 6 nitrogen and oxygen atoms in total. The Morgan fingerprint density at radius 3 is 2.79 bits per heavy atom. The third-order valence-electron chi connectivity index (χ3n) is 3.97. The van der Waals surface area contributed by atoms with E-state index in [0.717, 1.165) is 16.7 Å². The fourth-order valence-corrected chi connectivity index (χ4v) is 2.84. The molecule has 1 aliphatic rings. The third-order valence-corrected chi connectivity index (χ3v) is 3.97. The molecule has 1 fully saturated rings. The Kier molecular flexibility index (Phi) is 3.00. The Hall–Kier alpha value is -1.50. The van der Waals surface area contributed by atoms with E-state index in [1.54, 1.807) is 7.11 Å². The maximum atomic E-state index is 10.2. The summed E-state index contributed by atoms with van der Waals surface area (Å²) in [6.45, 7) is 1.92. The van der Waals surface area contributed by atoms with Crippen LogP contribution in [0.1, 0.15) is 18.2 Å². The first-order valence-corrected chi connectivity index (χ1v) is 6.30. The maximum absolute atomic E-state index is 10.2. The third kappa shape index (κ3) is 1.83. The van der Waals surface area contributed by atoms with E-state index in [0.29, 0.717) is 6.42 Å². The topological polar surface area (TPSA) is 80.4 Å². The van der Waals surface area contributed by atoms with E-state index < -0.39 is 12.2 Å². The fraction of sp³-hybridized carbons (Fsp3) is 0.538. The zero-order chi connectivity index (χ0) is 13.6. The second-order valence-corrected chi connectivity index (χ2v) is 4.98. The summed E-state index contributed by atoms with van der Waals surface area (Å²) in [4.78, 5) is 8.43. The van der Waals surface area contributed by atoms with Crippen molar-refractivity contribution in [3.05, 3.63) is 24.3 Å². The van der Waals surface area contributed by atoms with E-state index in [1.165, 1.54) is 6.33 Å². The van der Waals surface area contributed by atoms with Crippen molar-refractivity contribution in [2.45, 2.75) is 37.7 Å². The van der Waals surface area contributed by atoms with Crippen LogP contribution in [0.4, 0.5) is 0 Å². The highest BCUT2D eigenvalue weighted by Gasteiger charge is 2.43. The van der Waals surface area contributed by atoms with Gasteiger partial charge in [0.25, 0.3) is 0 Å². The number of aryl methyl sites for hydroxylation is 1. The molecule has 0 radical (unpaired) electrons. The van der Waals surface area contributed by atoms with Crippen molar-refractivity contribution < 1.29 is 14.9 Å². The van der Waals surface area contributed by atoms with Crippen LogP contribution in [0, 0.1) is 6.92 Å². The quantitative estimate of drug-likeness (QED) is 0.821. The van der Waals surface area contributed by atoms with Gasteiger partial charge in [-0.05, 0) is 19.4 Å². The number of nitrogens with zero attached hydrogens (tertiary/aromatic N) is 3.